The molecule has 0 aliphatic carbocycles. The number of nitrogens with zero attached hydrogens (tertiary/aromatic N) is 3. The first kappa shape index (κ1) is 15.4. The van der Waals surface area contributed by atoms with Gasteiger partial charge in [0.1, 0.15) is 5.69 Å². The standard InChI is InChI=1S/C17H20N4O2/c1-23-11-9-18-16(22)15-6-8-19-17(20-15)21-10-7-13-4-2-3-5-14(13)12-21/h2-6,8H,7,9-12H2,1H3,(H,18,22). The summed E-state index contributed by atoms with van der Waals surface area (Å²) in [6, 6.07) is 10.0. The Hall–Kier alpha value is -2.47. The molecule has 1 aliphatic rings. The van der Waals surface area contributed by atoms with Crippen LogP contribution in [0.25, 0.3) is 0 Å². The molecule has 1 aliphatic heterocycles. The van der Waals surface area contributed by atoms with Crippen LogP contribution in [0, 0.1) is 0 Å². The summed E-state index contributed by atoms with van der Waals surface area (Å²) in [5, 5.41) is 2.77. The van der Waals surface area contributed by atoms with Crippen molar-refractivity contribution in [1.29, 1.82) is 0 Å². The van der Waals surface area contributed by atoms with Crippen molar-refractivity contribution in [3.63, 3.8) is 0 Å². The lowest BCUT2D eigenvalue weighted by Crippen LogP contribution is -2.33. The Morgan fingerprint density at radius 3 is 2.96 bits per heavy atom. The van der Waals surface area contributed by atoms with E-state index in [1.807, 2.05) is 6.07 Å². The first-order valence-corrected chi connectivity index (χ1v) is 7.70. The predicted octanol–water partition coefficient (Wildman–Crippen LogP) is 1.42. The van der Waals surface area contributed by atoms with Crippen LogP contribution in [0.5, 0.6) is 0 Å². The van der Waals surface area contributed by atoms with Gasteiger partial charge in [0.05, 0.1) is 6.61 Å². The first-order chi connectivity index (χ1) is 11.3. The highest BCUT2D eigenvalue weighted by molar-refractivity contribution is 5.92. The summed E-state index contributed by atoms with van der Waals surface area (Å²) in [6.45, 7) is 2.56. The minimum Gasteiger partial charge on any atom is -0.383 e. The zero-order chi connectivity index (χ0) is 16.1. The van der Waals surface area contributed by atoms with E-state index >= 15 is 0 Å². The van der Waals surface area contributed by atoms with Crippen molar-refractivity contribution in [2.45, 2.75) is 13.0 Å². The fourth-order valence-electron chi connectivity index (χ4n) is 2.65. The van der Waals surface area contributed by atoms with E-state index in [4.69, 9.17) is 4.74 Å². The number of hydrogen-bond donors (Lipinski definition) is 1. The Kier molecular flexibility index (Phi) is 4.83. The number of amides is 1. The van der Waals surface area contributed by atoms with E-state index < -0.39 is 0 Å². The first-order valence-electron chi connectivity index (χ1n) is 7.70. The summed E-state index contributed by atoms with van der Waals surface area (Å²) < 4.78 is 4.92. The van der Waals surface area contributed by atoms with Gasteiger partial charge in [-0.15, -0.1) is 0 Å². The Morgan fingerprint density at radius 1 is 1.30 bits per heavy atom. The van der Waals surface area contributed by atoms with Crippen molar-refractivity contribution in [1.82, 2.24) is 15.3 Å². The number of carbonyl (C=O) groups is 1. The van der Waals surface area contributed by atoms with Gasteiger partial charge in [0.25, 0.3) is 5.91 Å². The average Bonchev–Trinajstić information content (AvgIpc) is 2.61. The Morgan fingerprint density at radius 2 is 2.13 bits per heavy atom. The Labute approximate surface area is 135 Å². The van der Waals surface area contributed by atoms with Gasteiger partial charge in [-0.3, -0.25) is 4.79 Å². The van der Waals surface area contributed by atoms with E-state index in [1.165, 1.54) is 11.1 Å². The van der Waals surface area contributed by atoms with Crippen LogP contribution in [0.1, 0.15) is 21.6 Å². The molecule has 6 nitrogen and oxygen atoms in total. The summed E-state index contributed by atoms with van der Waals surface area (Å²) in [4.78, 5) is 22.9. The second kappa shape index (κ2) is 7.19. The van der Waals surface area contributed by atoms with Crippen LogP contribution in [0.2, 0.25) is 0 Å². The molecule has 1 aromatic carbocycles. The maximum atomic E-state index is 12.1. The Bertz CT molecular complexity index is 690. The fourth-order valence-corrected chi connectivity index (χ4v) is 2.65. The largest absolute Gasteiger partial charge is 0.383 e. The fraction of sp³-hybridized carbons (Fsp3) is 0.353. The molecule has 6 heteroatoms. The van der Waals surface area contributed by atoms with E-state index in [0.717, 1.165) is 19.5 Å². The number of methoxy groups -OCH3 is 1. The smallest absolute Gasteiger partial charge is 0.270 e. The van der Waals surface area contributed by atoms with Crippen molar-refractivity contribution in [2.24, 2.45) is 0 Å². The number of nitrogens with one attached hydrogen (secondary N) is 1. The zero-order valence-corrected chi connectivity index (χ0v) is 13.2. The van der Waals surface area contributed by atoms with Gasteiger partial charge in [0.15, 0.2) is 0 Å². The molecular weight excluding hydrogens is 292 g/mol. The summed E-state index contributed by atoms with van der Waals surface area (Å²) in [5.41, 5.74) is 3.04. The molecule has 0 bridgehead atoms. The lowest BCUT2D eigenvalue weighted by molar-refractivity contribution is 0.0932. The summed E-state index contributed by atoms with van der Waals surface area (Å²) in [6.07, 6.45) is 2.60. The molecule has 0 spiro atoms. The molecule has 0 atom stereocenters. The molecule has 1 amide bonds. The highest BCUT2D eigenvalue weighted by atomic mass is 16.5. The number of anilines is 1. The third-order valence-corrected chi connectivity index (χ3v) is 3.88. The molecular formula is C17H20N4O2. The molecule has 0 unspecified atom stereocenters. The molecule has 2 heterocycles. The van der Waals surface area contributed by atoms with Crippen molar-refractivity contribution >= 4 is 11.9 Å². The molecule has 23 heavy (non-hydrogen) atoms. The molecule has 0 radical (unpaired) electrons. The lowest BCUT2D eigenvalue weighted by atomic mass is 10.0. The minimum atomic E-state index is -0.205. The van der Waals surface area contributed by atoms with Crippen molar-refractivity contribution < 1.29 is 9.53 Å². The molecule has 120 valence electrons. The van der Waals surface area contributed by atoms with Crippen molar-refractivity contribution in [3.05, 3.63) is 53.3 Å². The number of ether oxygens (including phenoxy) is 1. The lowest BCUT2D eigenvalue weighted by Gasteiger charge is -2.28. The predicted molar refractivity (Wildman–Crippen MR) is 87.4 cm³/mol. The number of carbonyl (C=O) groups excluding carboxylic acids is 1. The monoisotopic (exact) mass is 312 g/mol. The van der Waals surface area contributed by atoms with Crippen LogP contribution in [-0.2, 0) is 17.7 Å². The van der Waals surface area contributed by atoms with E-state index in [-0.39, 0.29) is 5.91 Å². The minimum absolute atomic E-state index is 0.205. The van der Waals surface area contributed by atoms with Crippen LogP contribution in [-0.4, -0.2) is 42.7 Å². The zero-order valence-electron chi connectivity index (χ0n) is 13.2. The van der Waals surface area contributed by atoms with Crippen LogP contribution in [0.3, 0.4) is 0 Å². The highest BCUT2D eigenvalue weighted by Crippen LogP contribution is 2.21. The van der Waals surface area contributed by atoms with Crippen LogP contribution in [0.15, 0.2) is 36.5 Å². The number of benzene rings is 1. The van der Waals surface area contributed by atoms with E-state index in [1.54, 1.807) is 19.4 Å². The summed E-state index contributed by atoms with van der Waals surface area (Å²) >= 11 is 0. The third-order valence-electron chi connectivity index (χ3n) is 3.88. The second-order valence-electron chi connectivity index (χ2n) is 5.43. The quantitative estimate of drug-likeness (QED) is 0.846. The van der Waals surface area contributed by atoms with Gasteiger partial charge in [0.2, 0.25) is 5.95 Å². The molecule has 1 aromatic heterocycles. The number of hydrogen-bond acceptors (Lipinski definition) is 5. The van der Waals surface area contributed by atoms with Gasteiger partial charge < -0.3 is 15.0 Å². The van der Waals surface area contributed by atoms with Crippen molar-refractivity contribution in [3.8, 4) is 0 Å². The van der Waals surface area contributed by atoms with Gasteiger partial charge in [-0.25, -0.2) is 9.97 Å². The van der Waals surface area contributed by atoms with Gasteiger partial charge in [-0.05, 0) is 23.6 Å². The van der Waals surface area contributed by atoms with Gasteiger partial charge in [-0.1, -0.05) is 24.3 Å². The van der Waals surface area contributed by atoms with E-state index in [9.17, 15) is 4.79 Å². The van der Waals surface area contributed by atoms with Gasteiger partial charge >= 0.3 is 0 Å². The maximum absolute atomic E-state index is 12.1. The van der Waals surface area contributed by atoms with E-state index in [0.29, 0.717) is 24.8 Å². The molecule has 1 N–H and O–H groups in total. The number of rotatable bonds is 5. The second-order valence-corrected chi connectivity index (χ2v) is 5.43. The van der Waals surface area contributed by atoms with Crippen LogP contribution < -0.4 is 10.2 Å². The Balaban J connectivity index is 1.72. The number of fused-ring (bicyclic) bond motifs is 1. The van der Waals surface area contributed by atoms with E-state index in [2.05, 4.69) is 38.4 Å². The molecule has 0 saturated heterocycles. The molecule has 0 fully saturated rings. The highest BCUT2D eigenvalue weighted by Gasteiger charge is 2.19. The van der Waals surface area contributed by atoms with Crippen molar-refractivity contribution in [2.75, 3.05) is 31.7 Å². The summed E-state index contributed by atoms with van der Waals surface area (Å²) in [7, 11) is 1.60. The topological polar surface area (TPSA) is 67.3 Å². The summed E-state index contributed by atoms with van der Waals surface area (Å²) in [5.74, 6) is 0.391. The van der Waals surface area contributed by atoms with Gasteiger partial charge in [-0.2, -0.15) is 0 Å². The van der Waals surface area contributed by atoms with Crippen LogP contribution >= 0.6 is 0 Å². The SMILES string of the molecule is COCCNC(=O)c1ccnc(N2CCc3ccccc3C2)n1. The number of aromatic nitrogens is 2. The molecule has 0 saturated carbocycles. The van der Waals surface area contributed by atoms with Gasteiger partial charge in [0, 0.05) is 32.9 Å². The normalized spacial score (nSPS) is 13.5. The third kappa shape index (κ3) is 3.65. The van der Waals surface area contributed by atoms with Crippen LogP contribution in [0.4, 0.5) is 5.95 Å². The molecule has 2 aromatic rings. The molecule has 3 rings (SSSR count). The maximum Gasteiger partial charge on any atom is 0.270 e. The average molecular weight is 312 g/mol.